The number of hydrogen-bond acceptors (Lipinski definition) is 3. The van der Waals surface area contributed by atoms with E-state index in [0.29, 0.717) is 11.1 Å². The summed E-state index contributed by atoms with van der Waals surface area (Å²) in [6, 6.07) is 12.5. The van der Waals surface area contributed by atoms with E-state index in [1.807, 2.05) is 12.1 Å². The molecule has 0 radical (unpaired) electrons. The van der Waals surface area contributed by atoms with Crippen molar-refractivity contribution < 1.29 is 18.8 Å². The third-order valence-corrected chi connectivity index (χ3v) is 4.26. The average Bonchev–Trinajstić information content (AvgIpc) is 2.64. The SMILES string of the molecule is CC(C)(C)c1ccc(C(=O)CCC(=O)NCC(=O)c2ccc(F)cc2)cc1. The highest BCUT2D eigenvalue weighted by atomic mass is 19.1. The molecule has 2 aromatic carbocycles. The van der Waals surface area contributed by atoms with Crippen molar-refractivity contribution in [2.24, 2.45) is 0 Å². The normalized spacial score (nSPS) is 11.1. The molecule has 27 heavy (non-hydrogen) atoms. The minimum Gasteiger partial charge on any atom is -0.349 e. The fourth-order valence-corrected chi connectivity index (χ4v) is 2.53. The van der Waals surface area contributed by atoms with Crippen molar-refractivity contribution >= 4 is 17.5 Å². The maximum absolute atomic E-state index is 12.8. The molecule has 2 rings (SSSR count). The Labute approximate surface area is 158 Å². The zero-order valence-corrected chi connectivity index (χ0v) is 15.8. The van der Waals surface area contributed by atoms with Crippen LogP contribution in [0.25, 0.3) is 0 Å². The molecule has 4 nitrogen and oxygen atoms in total. The van der Waals surface area contributed by atoms with Crippen LogP contribution < -0.4 is 5.32 Å². The predicted molar refractivity (Wildman–Crippen MR) is 102 cm³/mol. The molecule has 0 aliphatic rings. The second-order valence-corrected chi connectivity index (χ2v) is 7.46. The lowest BCUT2D eigenvalue weighted by Gasteiger charge is -2.18. The van der Waals surface area contributed by atoms with Crippen LogP contribution in [0.5, 0.6) is 0 Å². The Morgan fingerprint density at radius 1 is 0.815 bits per heavy atom. The molecule has 1 amide bonds. The zero-order valence-electron chi connectivity index (χ0n) is 15.8. The highest BCUT2D eigenvalue weighted by Crippen LogP contribution is 2.22. The number of rotatable bonds is 7. The monoisotopic (exact) mass is 369 g/mol. The van der Waals surface area contributed by atoms with Crippen LogP contribution in [0.15, 0.2) is 48.5 Å². The van der Waals surface area contributed by atoms with Crippen molar-refractivity contribution in [3.05, 3.63) is 71.0 Å². The third kappa shape index (κ3) is 6.13. The first-order chi connectivity index (χ1) is 12.7. The Morgan fingerprint density at radius 2 is 1.33 bits per heavy atom. The fourth-order valence-electron chi connectivity index (χ4n) is 2.53. The molecule has 2 aromatic rings. The average molecular weight is 369 g/mol. The van der Waals surface area contributed by atoms with Gasteiger partial charge in [-0.25, -0.2) is 4.39 Å². The van der Waals surface area contributed by atoms with Crippen LogP contribution in [-0.4, -0.2) is 24.0 Å². The molecule has 0 aromatic heterocycles. The highest BCUT2D eigenvalue weighted by Gasteiger charge is 2.15. The zero-order chi connectivity index (χ0) is 20.0. The molecule has 0 spiro atoms. The van der Waals surface area contributed by atoms with Gasteiger partial charge < -0.3 is 5.32 Å². The summed E-state index contributed by atoms with van der Waals surface area (Å²) < 4.78 is 12.8. The molecule has 0 unspecified atom stereocenters. The van der Waals surface area contributed by atoms with Crippen LogP contribution in [0.4, 0.5) is 4.39 Å². The van der Waals surface area contributed by atoms with E-state index >= 15 is 0 Å². The summed E-state index contributed by atoms with van der Waals surface area (Å²) in [5, 5.41) is 2.50. The molecule has 142 valence electrons. The van der Waals surface area contributed by atoms with Crippen molar-refractivity contribution in [1.29, 1.82) is 0 Å². The molecular weight excluding hydrogens is 345 g/mol. The van der Waals surface area contributed by atoms with Gasteiger partial charge in [0.1, 0.15) is 5.82 Å². The van der Waals surface area contributed by atoms with Gasteiger partial charge in [-0.2, -0.15) is 0 Å². The summed E-state index contributed by atoms with van der Waals surface area (Å²) >= 11 is 0. The molecule has 5 heteroatoms. The van der Waals surface area contributed by atoms with Crippen molar-refractivity contribution in [1.82, 2.24) is 5.32 Å². The molecule has 0 heterocycles. The molecule has 0 saturated carbocycles. The van der Waals surface area contributed by atoms with Gasteiger partial charge in [0.05, 0.1) is 6.54 Å². The molecule has 0 aliphatic carbocycles. The second kappa shape index (κ2) is 8.71. The molecule has 0 saturated heterocycles. The van der Waals surface area contributed by atoms with Gasteiger partial charge in [0.2, 0.25) is 5.91 Å². The molecule has 0 bridgehead atoms. The van der Waals surface area contributed by atoms with Crippen LogP contribution >= 0.6 is 0 Å². The number of carbonyl (C=O) groups excluding carboxylic acids is 3. The summed E-state index contributed by atoms with van der Waals surface area (Å²) in [6.07, 6.45) is 0.0853. The van der Waals surface area contributed by atoms with Gasteiger partial charge in [-0.1, -0.05) is 45.0 Å². The Morgan fingerprint density at radius 3 is 1.89 bits per heavy atom. The van der Waals surface area contributed by atoms with E-state index in [0.717, 1.165) is 5.56 Å². The number of amides is 1. The lowest BCUT2D eigenvalue weighted by molar-refractivity contribution is -0.120. The van der Waals surface area contributed by atoms with Gasteiger partial charge in [0.15, 0.2) is 11.6 Å². The van der Waals surface area contributed by atoms with Crippen LogP contribution in [0.2, 0.25) is 0 Å². The maximum Gasteiger partial charge on any atom is 0.220 e. The first-order valence-electron chi connectivity index (χ1n) is 8.86. The van der Waals surface area contributed by atoms with Crippen LogP contribution in [-0.2, 0) is 10.2 Å². The fraction of sp³-hybridized carbons (Fsp3) is 0.318. The van der Waals surface area contributed by atoms with Crippen LogP contribution in [0, 0.1) is 5.82 Å². The van der Waals surface area contributed by atoms with Crippen LogP contribution in [0.3, 0.4) is 0 Å². The lowest BCUT2D eigenvalue weighted by atomic mass is 9.86. The smallest absolute Gasteiger partial charge is 0.220 e. The van der Waals surface area contributed by atoms with E-state index in [1.54, 1.807) is 12.1 Å². The number of benzene rings is 2. The summed E-state index contributed by atoms with van der Waals surface area (Å²) in [4.78, 5) is 36.0. The topological polar surface area (TPSA) is 63.2 Å². The quantitative estimate of drug-likeness (QED) is 0.748. The summed E-state index contributed by atoms with van der Waals surface area (Å²) in [5.41, 5.74) is 2.04. The molecule has 0 fully saturated rings. The van der Waals surface area contributed by atoms with E-state index in [4.69, 9.17) is 0 Å². The molecule has 0 atom stereocenters. The van der Waals surface area contributed by atoms with Gasteiger partial charge in [0, 0.05) is 24.0 Å². The van der Waals surface area contributed by atoms with Gasteiger partial charge in [-0.05, 0) is 35.2 Å². The lowest BCUT2D eigenvalue weighted by Crippen LogP contribution is -2.29. The highest BCUT2D eigenvalue weighted by molar-refractivity contribution is 6.00. The maximum atomic E-state index is 12.8. The minimum absolute atomic E-state index is 0.0105. The van der Waals surface area contributed by atoms with E-state index in [1.165, 1.54) is 24.3 Å². The van der Waals surface area contributed by atoms with Crippen LogP contribution in [0.1, 0.15) is 59.9 Å². The van der Waals surface area contributed by atoms with Crippen molar-refractivity contribution in [2.45, 2.75) is 39.0 Å². The van der Waals surface area contributed by atoms with Crippen molar-refractivity contribution in [3.63, 3.8) is 0 Å². The number of Topliss-reactive ketones (excluding diaryl/α,β-unsaturated/α-hetero) is 2. The summed E-state index contributed by atoms with van der Waals surface area (Å²) in [6.45, 7) is 6.11. The number of carbonyl (C=O) groups is 3. The Hall–Kier alpha value is -2.82. The van der Waals surface area contributed by atoms with Gasteiger partial charge in [0.25, 0.3) is 0 Å². The predicted octanol–water partition coefficient (Wildman–Crippen LogP) is 4.09. The Balaban J connectivity index is 1.80. The van der Waals surface area contributed by atoms with Gasteiger partial charge in [-0.15, -0.1) is 0 Å². The van der Waals surface area contributed by atoms with E-state index in [-0.39, 0.29) is 42.3 Å². The van der Waals surface area contributed by atoms with E-state index in [2.05, 4.69) is 26.1 Å². The Kier molecular flexibility index (Phi) is 6.61. The van der Waals surface area contributed by atoms with Gasteiger partial charge >= 0.3 is 0 Å². The first kappa shape index (κ1) is 20.5. The standard InChI is InChI=1S/C22H24FNO3/c1-22(2,3)17-8-4-15(5-9-17)19(25)12-13-21(27)24-14-20(26)16-6-10-18(23)11-7-16/h4-11H,12-14H2,1-3H3,(H,24,27). The van der Waals surface area contributed by atoms with Crippen molar-refractivity contribution in [2.75, 3.05) is 6.54 Å². The number of hydrogen-bond donors (Lipinski definition) is 1. The molecule has 0 aliphatic heterocycles. The number of nitrogens with one attached hydrogen (secondary N) is 1. The largest absolute Gasteiger partial charge is 0.349 e. The first-order valence-corrected chi connectivity index (χ1v) is 8.86. The second-order valence-electron chi connectivity index (χ2n) is 7.46. The third-order valence-electron chi connectivity index (χ3n) is 4.26. The number of halogens is 1. The Bertz CT molecular complexity index is 818. The number of ketones is 2. The van der Waals surface area contributed by atoms with E-state index < -0.39 is 5.82 Å². The van der Waals surface area contributed by atoms with E-state index in [9.17, 15) is 18.8 Å². The minimum atomic E-state index is -0.426. The summed E-state index contributed by atoms with van der Waals surface area (Å²) in [5.74, 6) is -1.22. The van der Waals surface area contributed by atoms with Gasteiger partial charge in [-0.3, -0.25) is 14.4 Å². The molecular formula is C22H24FNO3. The molecule has 1 N–H and O–H groups in total. The summed E-state index contributed by atoms with van der Waals surface area (Å²) in [7, 11) is 0. The van der Waals surface area contributed by atoms with Crippen molar-refractivity contribution in [3.8, 4) is 0 Å².